The fourth-order valence-corrected chi connectivity index (χ4v) is 4.70. The van der Waals surface area contributed by atoms with Crippen LogP contribution in [0.5, 0.6) is 0 Å². The van der Waals surface area contributed by atoms with E-state index >= 15 is 0 Å². The lowest BCUT2D eigenvalue weighted by atomic mass is 9.93. The number of fused-ring (bicyclic) bond motifs is 1. The summed E-state index contributed by atoms with van der Waals surface area (Å²) < 4.78 is 1.92. The lowest BCUT2D eigenvalue weighted by Crippen LogP contribution is -2.31. The molecule has 6 heteroatoms. The number of aryl methyl sites for hydroxylation is 3. The Morgan fingerprint density at radius 2 is 2.14 bits per heavy atom. The number of hydrogen-bond acceptors (Lipinski definition) is 4. The average molecular weight is 393 g/mol. The quantitative estimate of drug-likeness (QED) is 0.715. The summed E-state index contributed by atoms with van der Waals surface area (Å²) >= 11 is 1.54. The highest BCUT2D eigenvalue weighted by Gasteiger charge is 2.26. The van der Waals surface area contributed by atoms with Crippen molar-refractivity contribution >= 4 is 17.7 Å². The SMILES string of the molecule is Cc1ccc(Sc2ncccc2C(=O)NC2CCCc3c2cnn3C)c(C)c1. The van der Waals surface area contributed by atoms with Gasteiger partial charge in [-0.15, -0.1) is 0 Å². The summed E-state index contributed by atoms with van der Waals surface area (Å²) in [4.78, 5) is 18.7. The van der Waals surface area contributed by atoms with Gasteiger partial charge in [-0.25, -0.2) is 4.98 Å². The number of carbonyl (C=O) groups excluding carboxylic acids is 1. The highest BCUT2D eigenvalue weighted by Crippen LogP contribution is 2.33. The first-order chi connectivity index (χ1) is 13.5. The molecule has 28 heavy (non-hydrogen) atoms. The van der Waals surface area contributed by atoms with E-state index in [1.54, 1.807) is 18.0 Å². The van der Waals surface area contributed by atoms with Crippen molar-refractivity contribution in [2.45, 2.75) is 49.1 Å². The molecular formula is C22H24N4OS. The molecule has 144 valence electrons. The number of benzene rings is 1. The van der Waals surface area contributed by atoms with Crippen molar-refractivity contribution in [1.29, 1.82) is 0 Å². The second-order valence-electron chi connectivity index (χ2n) is 7.32. The normalized spacial score (nSPS) is 15.9. The van der Waals surface area contributed by atoms with Crippen molar-refractivity contribution in [2.24, 2.45) is 7.05 Å². The van der Waals surface area contributed by atoms with Crippen LogP contribution in [0.25, 0.3) is 0 Å². The van der Waals surface area contributed by atoms with Crippen LogP contribution in [0, 0.1) is 13.8 Å². The molecule has 1 aliphatic carbocycles. The Bertz CT molecular complexity index is 1030. The van der Waals surface area contributed by atoms with Crippen molar-refractivity contribution in [1.82, 2.24) is 20.1 Å². The number of hydrogen-bond donors (Lipinski definition) is 1. The maximum Gasteiger partial charge on any atom is 0.254 e. The first-order valence-corrected chi connectivity index (χ1v) is 10.4. The predicted octanol–water partition coefficient (Wildman–Crippen LogP) is 4.39. The second kappa shape index (κ2) is 7.80. The van der Waals surface area contributed by atoms with Crippen LogP contribution in [0.3, 0.4) is 0 Å². The van der Waals surface area contributed by atoms with E-state index in [2.05, 4.69) is 47.4 Å². The molecule has 0 spiro atoms. The number of amides is 1. The molecule has 1 aliphatic rings. The number of carbonyl (C=O) groups is 1. The maximum atomic E-state index is 13.1. The summed E-state index contributed by atoms with van der Waals surface area (Å²) in [5.74, 6) is -0.0814. The molecule has 0 radical (unpaired) electrons. The summed E-state index contributed by atoms with van der Waals surface area (Å²) in [5, 5.41) is 8.31. The molecule has 1 unspecified atom stereocenters. The zero-order valence-corrected chi connectivity index (χ0v) is 17.2. The van der Waals surface area contributed by atoms with Gasteiger partial charge >= 0.3 is 0 Å². The Hall–Kier alpha value is -2.60. The Kier molecular flexibility index (Phi) is 5.22. The molecule has 2 heterocycles. The number of nitrogens with one attached hydrogen (secondary N) is 1. The Labute approximate surface area is 169 Å². The van der Waals surface area contributed by atoms with Gasteiger partial charge in [0.1, 0.15) is 5.03 Å². The molecule has 0 bridgehead atoms. The van der Waals surface area contributed by atoms with Crippen LogP contribution in [0.15, 0.2) is 52.6 Å². The molecule has 1 amide bonds. The topological polar surface area (TPSA) is 59.8 Å². The summed E-state index contributed by atoms with van der Waals surface area (Å²) in [6.07, 6.45) is 6.62. The molecule has 1 N–H and O–H groups in total. The first-order valence-electron chi connectivity index (χ1n) is 9.54. The third kappa shape index (κ3) is 3.69. The van der Waals surface area contributed by atoms with E-state index in [4.69, 9.17) is 0 Å². The Morgan fingerprint density at radius 3 is 2.96 bits per heavy atom. The first kappa shape index (κ1) is 18.7. The van der Waals surface area contributed by atoms with Gasteiger partial charge < -0.3 is 5.32 Å². The van der Waals surface area contributed by atoms with E-state index in [-0.39, 0.29) is 11.9 Å². The van der Waals surface area contributed by atoms with Crippen molar-refractivity contribution in [3.63, 3.8) is 0 Å². The largest absolute Gasteiger partial charge is 0.345 e. The summed E-state index contributed by atoms with van der Waals surface area (Å²) in [6.45, 7) is 4.17. The van der Waals surface area contributed by atoms with E-state index in [0.29, 0.717) is 5.56 Å². The van der Waals surface area contributed by atoms with Gasteiger partial charge in [-0.1, -0.05) is 29.5 Å². The molecule has 2 aromatic heterocycles. The van der Waals surface area contributed by atoms with Crippen LogP contribution >= 0.6 is 11.8 Å². The zero-order valence-electron chi connectivity index (χ0n) is 16.4. The fourth-order valence-electron chi connectivity index (χ4n) is 3.76. The molecule has 0 saturated carbocycles. The average Bonchev–Trinajstić information content (AvgIpc) is 3.06. The second-order valence-corrected chi connectivity index (χ2v) is 8.35. The van der Waals surface area contributed by atoms with Gasteiger partial charge in [-0.2, -0.15) is 5.10 Å². The summed E-state index contributed by atoms with van der Waals surface area (Å²) in [6, 6.07) is 10.00. The molecule has 4 rings (SSSR count). The minimum Gasteiger partial charge on any atom is -0.345 e. The van der Waals surface area contributed by atoms with Gasteiger partial charge in [0.05, 0.1) is 17.8 Å². The van der Waals surface area contributed by atoms with Crippen LogP contribution < -0.4 is 5.32 Å². The monoisotopic (exact) mass is 392 g/mol. The molecule has 5 nitrogen and oxygen atoms in total. The molecule has 0 aliphatic heterocycles. The van der Waals surface area contributed by atoms with E-state index in [1.807, 2.05) is 30.1 Å². The standard InChI is InChI=1S/C22H24N4OS/c1-14-9-10-20(15(2)12-14)28-22-16(6-5-11-23-22)21(27)25-18-7-4-8-19-17(18)13-24-26(19)3/h5-6,9-13,18H,4,7-8H2,1-3H3,(H,25,27). The lowest BCUT2D eigenvalue weighted by Gasteiger charge is -2.24. The minimum atomic E-state index is -0.0814. The number of aromatic nitrogens is 3. The molecule has 3 aromatic rings. The third-order valence-corrected chi connectivity index (χ3v) is 6.43. The van der Waals surface area contributed by atoms with Gasteiger partial charge in [0.15, 0.2) is 0 Å². The van der Waals surface area contributed by atoms with E-state index < -0.39 is 0 Å². The third-order valence-electron chi connectivity index (χ3n) is 5.23. The zero-order chi connectivity index (χ0) is 19.7. The van der Waals surface area contributed by atoms with Crippen LogP contribution in [-0.2, 0) is 13.5 Å². The predicted molar refractivity (Wildman–Crippen MR) is 111 cm³/mol. The Morgan fingerprint density at radius 1 is 1.29 bits per heavy atom. The molecule has 1 atom stereocenters. The van der Waals surface area contributed by atoms with E-state index in [0.717, 1.165) is 34.7 Å². The van der Waals surface area contributed by atoms with Gasteiger partial charge in [0, 0.05) is 29.4 Å². The smallest absolute Gasteiger partial charge is 0.254 e. The van der Waals surface area contributed by atoms with Crippen LogP contribution in [-0.4, -0.2) is 20.7 Å². The highest BCUT2D eigenvalue weighted by atomic mass is 32.2. The molecule has 1 aromatic carbocycles. The number of nitrogens with zero attached hydrogens (tertiary/aromatic N) is 3. The van der Waals surface area contributed by atoms with Gasteiger partial charge in [0.25, 0.3) is 5.91 Å². The van der Waals surface area contributed by atoms with Gasteiger partial charge in [0.2, 0.25) is 0 Å². The van der Waals surface area contributed by atoms with Crippen molar-refractivity contribution in [2.75, 3.05) is 0 Å². The van der Waals surface area contributed by atoms with Crippen molar-refractivity contribution < 1.29 is 4.79 Å². The summed E-state index contributed by atoms with van der Waals surface area (Å²) in [7, 11) is 1.96. The van der Waals surface area contributed by atoms with Gasteiger partial charge in [-0.3, -0.25) is 9.48 Å². The lowest BCUT2D eigenvalue weighted by molar-refractivity contribution is 0.0929. The van der Waals surface area contributed by atoms with Gasteiger partial charge in [-0.05, 0) is 56.9 Å². The molecule has 0 saturated heterocycles. The van der Waals surface area contributed by atoms with Crippen molar-refractivity contribution in [3.8, 4) is 0 Å². The van der Waals surface area contributed by atoms with Crippen LogP contribution in [0.2, 0.25) is 0 Å². The highest BCUT2D eigenvalue weighted by molar-refractivity contribution is 7.99. The molecule has 0 fully saturated rings. The van der Waals surface area contributed by atoms with Crippen molar-refractivity contribution in [3.05, 3.63) is 70.7 Å². The molecular weight excluding hydrogens is 368 g/mol. The number of rotatable bonds is 4. The number of pyridine rings is 1. The maximum absolute atomic E-state index is 13.1. The van der Waals surface area contributed by atoms with Crippen LogP contribution in [0.1, 0.15) is 51.6 Å². The Balaban J connectivity index is 1.57. The van der Waals surface area contributed by atoms with Crippen LogP contribution in [0.4, 0.5) is 0 Å². The van der Waals surface area contributed by atoms with E-state index in [1.165, 1.54) is 16.8 Å². The summed E-state index contributed by atoms with van der Waals surface area (Å²) in [5.41, 5.74) is 5.38. The minimum absolute atomic E-state index is 0.00381. The fraction of sp³-hybridized carbons (Fsp3) is 0.318. The van der Waals surface area contributed by atoms with E-state index in [9.17, 15) is 4.79 Å².